The van der Waals surface area contributed by atoms with Crippen molar-refractivity contribution < 1.29 is 4.92 Å². The third kappa shape index (κ3) is 1.92. The van der Waals surface area contributed by atoms with Crippen LogP contribution in [0.4, 0.5) is 11.5 Å². The number of hydrogen-bond acceptors (Lipinski definition) is 5. The van der Waals surface area contributed by atoms with Crippen molar-refractivity contribution in [2.24, 2.45) is 0 Å². The van der Waals surface area contributed by atoms with Gasteiger partial charge in [-0.1, -0.05) is 0 Å². The average Bonchev–Trinajstić information content (AvgIpc) is 2.84. The number of anilines is 1. The zero-order valence-corrected chi connectivity index (χ0v) is 10.2. The Bertz CT molecular complexity index is 585. The molecule has 2 aromatic heterocycles. The van der Waals surface area contributed by atoms with Gasteiger partial charge < -0.3 is 5.73 Å². The third-order valence-electron chi connectivity index (χ3n) is 2.73. The standard InChI is InChI=1S/C10H14N6O2/c1-3-14-8(4-5-12-14)6-15-10(11)9(16(17)18)7(2)13-15/h4-5H,3,6,11H2,1-2H3. The van der Waals surface area contributed by atoms with E-state index in [0.717, 1.165) is 12.2 Å². The van der Waals surface area contributed by atoms with E-state index in [1.807, 2.05) is 13.0 Å². The van der Waals surface area contributed by atoms with Crippen molar-refractivity contribution >= 4 is 11.5 Å². The Balaban J connectivity index is 2.36. The van der Waals surface area contributed by atoms with Crippen molar-refractivity contribution in [2.75, 3.05) is 5.73 Å². The lowest BCUT2D eigenvalue weighted by Gasteiger charge is -2.05. The van der Waals surface area contributed by atoms with Gasteiger partial charge in [0.25, 0.3) is 0 Å². The van der Waals surface area contributed by atoms with Crippen LogP contribution in [0.5, 0.6) is 0 Å². The SMILES string of the molecule is CCn1nccc1Cn1nc(C)c([N+](=O)[O-])c1N. The zero-order chi connectivity index (χ0) is 13.3. The molecule has 8 heteroatoms. The van der Waals surface area contributed by atoms with Gasteiger partial charge in [-0.15, -0.1) is 0 Å². The zero-order valence-electron chi connectivity index (χ0n) is 10.2. The summed E-state index contributed by atoms with van der Waals surface area (Å²) in [6, 6.07) is 1.84. The Hall–Kier alpha value is -2.38. The Kier molecular flexibility index (Phi) is 3.00. The smallest absolute Gasteiger partial charge is 0.333 e. The summed E-state index contributed by atoms with van der Waals surface area (Å²) in [5, 5.41) is 19.1. The fourth-order valence-corrected chi connectivity index (χ4v) is 1.87. The van der Waals surface area contributed by atoms with Crippen LogP contribution in [0.15, 0.2) is 12.3 Å². The fourth-order valence-electron chi connectivity index (χ4n) is 1.87. The molecule has 2 N–H and O–H groups in total. The minimum atomic E-state index is -0.509. The molecule has 0 aliphatic heterocycles. The quantitative estimate of drug-likeness (QED) is 0.642. The highest BCUT2D eigenvalue weighted by molar-refractivity contribution is 5.56. The summed E-state index contributed by atoms with van der Waals surface area (Å²) in [6.07, 6.45) is 1.68. The number of aromatic nitrogens is 4. The molecule has 0 fully saturated rings. The molecule has 0 saturated heterocycles. The molecule has 0 atom stereocenters. The first kappa shape index (κ1) is 12.1. The lowest BCUT2D eigenvalue weighted by atomic mass is 10.4. The number of nitro groups is 1. The molecule has 18 heavy (non-hydrogen) atoms. The first-order valence-electron chi connectivity index (χ1n) is 5.52. The molecule has 96 valence electrons. The van der Waals surface area contributed by atoms with Crippen LogP contribution in [-0.4, -0.2) is 24.5 Å². The highest BCUT2D eigenvalue weighted by Gasteiger charge is 2.23. The van der Waals surface area contributed by atoms with Crippen LogP contribution >= 0.6 is 0 Å². The second kappa shape index (κ2) is 4.47. The van der Waals surface area contributed by atoms with Gasteiger partial charge in [0.15, 0.2) is 0 Å². The van der Waals surface area contributed by atoms with Gasteiger partial charge in [0, 0.05) is 12.7 Å². The second-order valence-electron chi connectivity index (χ2n) is 3.87. The van der Waals surface area contributed by atoms with Gasteiger partial charge in [0.05, 0.1) is 17.2 Å². The molecule has 0 bridgehead atoms. The van der Waals surface area contributed by atoms with Crippen LogP contribution in [0.1, 0.15) is 18.3 Å². The highest BCUT2D eigenvalue weighted by Crippen LogP contribution is 2.25. The molecule has 2 rings (SSSR count). The lowest BCUT2D eigenvalue weighted by Crippen LogP contribution is -2.11. The maximum atomic E-state index is 10.8. The Labute approximate surface area is 103 Å². The number of hydrogen-bond donors (Lipinski definition) is 1. The predicted molar refractivity (Wildman–Crippen MR) is 65.0 cm³/mol. The van der Waals surface area contributed by atoms with Crippen molar-refractivity contribution in [3.63, 3.8) is 0 Å². The number of aryl methyl sites for hydroxylation is 2. The predicted octanol–water partition coefficient (Wildman–Crippen LogP) is 0.947. The summed E-state index contributed by atoms with van der Waals surface area (Å²) in [5.41, 5.74) is 6.84. The van der Waals surface area contributed by atoms with Crippen molar-refractivity contribution in [2.45, 2.75) is 26.9 Å². The largest absolute Gasteiger partial charge is 0.378 e. The van der Waals surface area contributed by atoms with E-state index >= 15 is 0 Å². The summed E-state index contributed by atoms with van der Waals surface area (Å²) >= 11 is 0. The summed E-state index contributed by atoms with van der Waals surface area (Å²) in [7, 11) is 0. The minimum Gasteiger partial charge on any atom is -0.378 e. The van der Waals surface area contributed by atoms with Crippen LogP contribution in [-0.2, 0) is 13.1 Å². The molecule has 0 aromatic carbocycles. The first-order valence-corrected chi connectivity index (χ1v) is 5.52. The van der Waals surface area contributed by atoms with E-state index in [9.17, 15) is 10.1 Å². The van der Waals surface area contributed by atoms with Crippen LogP contribution in [0.3, 0.4) is 0 Å². The van der Waals surface area contributed by atoms with E-state index in [-0.39, 0.29) is 11.5 Å². The van der Waals surface area contributed by atoms with E-state index in [1.54, 1.807) is 17.8 Å². The fraction of sp³-hybridized carbons (Fsp3) is 0.400. The summed E-state index contributed by atoms with van der Waals surface area (Å²) in [4.78, 5) is 10.3. The van der Waals surface area contributed by atoms with E-state index in [1.165, 1.54) is 4.68 Å². The molecule has 0 unspecified atom stereocenters. The van der Waals surface area contributed by atoms with Crippen molar-refractivity contribution in [1.82, 2.24) is 19.6 Å². The van der Waals surface area contributed by atoms with Crippen molar-refractivity contribution in [3.8, 4) is 0 Å². The second-order valence-corrected chi connectivity index (χ2v) is 3.87. The van der Waals surface area contributed by atoms with Gasteiger partial charge >= 0.3 is 5.69 Å². The molecular weight excluding hydrogens is 236 g/mol. The molecular formula is C10H14N6O2. The van der Waals surface area contributed by atoms with Gasteiger partial charge in [-0.25, -0.2) is 4.68 Å². The number of nitrogen functional groups attached to an aromatic ring is 1. The average molecular weight is 250 g/mol. The molecule has 8 nitrogen and oxygen atoms in total. The monoisotopic (exact) mass is 250 g/mol. The maximum absolute atomic E-state index is 10.8. The van der Waals surface area contributed by atoms with Crippen LogP contribution < -0.4 is 5.73 Å². The van der Waals surface area contributed by atoms with Gasteiger partial charge in [-0.3, -0.25) is 14.8 Å². The van der Waals surface area contributed by atoms with E-state index in [0.29, 0.717) is 12.2 Å². The van der Waals surface area contributed by atoms with Crippen LogP contribution in [0.2, 0.25) is 0 Å². The molecule has 0 aliphatic rings. The van der Waals surface area contributed by atoms with Crippen LogP contribution in [0, 0.1) is 17.0 Å². The lowest BCUT2D eigenvalue weighted by molar-refractivity contribution is -0.384. The highest BCUT2D eigenvalue weighted by atomic mass is 16.6. The van der Waals surface area contributed by atoms with E-state index in [4.69, 9.17) is 5.73 Å². The molecule has 0 spiro atoms. The minimum absolute atomic E-state index is 0.0707. The molecule has 0 saturated carbocycles. The normalized spacial score (nSPS) is 10.8. The first-order chi connectivity index (χ1) is 8.54. The Morgan fingerprint density at radius 1 is 1.50 bits per heavy atom. The third-order valence-corrected chi connectivity index (χ3v) is 2.73. The molecule has 2 aromatic rings. The molecule has 2 heterocycles. The summed E-state index contributed by atoms with van der Waals surface area (Å²) in [5.74, 6) is 0.0707. The number of nitrogens with two attached hydrogens (primary N) is 1. The van der Waals surface area contributed by atoms with Crippen LogP contribution in [0.25, 0.3) is 0 Å². The number of nitrogens with zero attached hydrogens (tertiary/aromatic N) is 5. The van der Waals surface area contributed by atoms with E-state index < -0.39 is 4.92 Å². The van der Waals surface area contributed by atoms with Crippen molar-refractivity contribution in [1.29, 1.82) is 0 Å². The molecule has 0 amide bonds. The summed E-state index contributed by atoms with van der Waals surface area (Å²) in [6.45, 7) is 4.64. The van der Waals surface area contributed by atoms with Gasteiger partial charge in [0.1, 0.15) is 5.69 Å². The van der Waals surface area contributed by atoms with Gasteiger partial charge in [0.2, 0.25) is 5.82 Å². The Morgan fingerprint density at radius 2 is 2.22 bits per heavy atom. The molecule has 0 radical (unpaired) electrons. The maximum Gasteiger partial charge on any atom is 0.333 e. The van der Waals surface area contributed by atoms with E-state index in [2.05, 4.69) is 10.2 Å². The van der Waals surface area contributed by atoms with Gasteiger partial charge in [-0.2, -0.15) is 10.2 Å². The number of rotatable bonds is 4. The van der Waals surface area contributed by atoms with Gasteiger partial charge in [-0.05, 0) is 19.9 Å². The Morgan fingerprint density at radius 3 is 2.78 bits per heavy atom. The molecule has 0 aliphatic carbocycles. The van der Waals surface area contributed by atoms with Crippen molar-refractivity contribution in [3.05, 3.63) is 33.8 Å². The topological polar surface area (TPSA) is 105 Å². The summed E-state index contributed by atoms with van der Waals surface area (Å²) < 4.78 is 3.22.